The van der Waals surface area contributed by atoms with Gasteiger partial charge in [0.15, 0.2) is 0 Å². The van der Waals surface area contributed by atoms with Gasteiger partial charge in [0.1, 0.15) is 5.82 Å². The molecular formula is C13H18ClFN2. The van der Waals surface area contributed by atoms with Gasteiger partial charge in [-0.1, -0.05) is 24.6 Å². The minimum absolute atomic E-state index is 0.0373. The van der Waals surface area contributed by atoms with Gasteiger partial charge in [0.25, 0.3) is 0 Å². The average molecular weight is 257 g/mol. The number of hydrogen-bond acceptors (Lipinski definition) is 2. The Labute approximate surface area is 107 Å². The van der Waals surface area contributed by atoms with E-state index >= 15 is 0 Å². The van der Waals surface area contributed by atoms with Crippen LogP contribution in [0.1, 0.15) is 31.4 Å². The average Bonchev–Trinajstić information content (AvgIpc) is 3.11. The standard InChI is InChI=1S/C13H18ClFN2/c1-2-17(10-4-5-10)13(8-16)11-6-3-9(14)7-12(11)15/h3,6-7,10,13H,2,4-5,8,16H2,1H3. The fraction of sp³-hybridized carbons (Fsp3) is 0.538. The zero-order valence-corrected chi connectivity index (χ0v) is 10.8. The first-order valence-corrected chi connectivity index (χ1v) is 6.46. The van der Waals surface area contributed by atoms with Crippen LogP contribution in [0.4, 0.5) is 4.39 Å². The molecule has 1 atom stereocenters. The zero-order chi connectivity index (χ0) is 12.4. The van der Waals surface area contributed by atoms with E-state index in [9.17, 15) is 4.39 Å². The van der Waals surface area contributed by atoms with Crippen LogP contribution in [-0.4, -0.2) is 24.0 Å². The highest BCUT2D eigenvalue weighted by molar-refractivity contribution is 6.30. The second-order valence-corrected chi connectivity index (χ2v) is 4.92. The fourth-order valence-electron chi connectivity index (χ4n) is 2.35. The van der Waals surface area contributed by atoms with Gasteiger partial charge in [0.2, 0.25) is 0 Å². The van der Waals surface area contributed by atoms with E-state index in [0.29, 0.717) is 23.2 Å². The molecule has 94 valence electrons. The Morgan fingerprint density at radius 1 is 1.53 bits per heavy atom. The Balaban J connectivity index is 2.26. The van der Waals surface area contributed by atoms with E-state index in [-0.39, 0.29) is 11.9 Å². The molecule has 0 amide bonds. The monoisotopic (exact) mass is 256 g/mol. The zero-order valence-electron chi connectivity index (χ0n) is 10.00. The maximum atomic E-state index is 13.9. The molecule has 2 N–H and O–H groups in total. The van der Waals surface area contributed by atoms with Crippen LogP contribution in [0, 0.1) is 5.82 Å². The van der Waals surface area contributed by atoms with Gasteiger partial charge >= 0.3 is 0 Å². The first-order valence-electron chi connectivity index (χ1n) is 6.08. The van der Waals surface area contributed by atoms with Gasteiger partial charge in [-0.25, -0.2) is 4.39 Å². The molecule has 0 aliphatic heterocycles. The van der Waals surface area contributed by atoms with Crippen molar-refractivity contribution in [3.05, 3.63) is 34.6 Å². The van der Waals surface area contributed by atoms with E-state index in [0.717, 1.165) is 6.54 Å². The highest BCUT2D eigenvalue weighted by Gasteiger charge is 2.33. The van der Waals surface area contributed by atoms with Crippen LogP contribution >= 0.6 is 11.6 Å². The van der Waals surface area contributed by atoms with Crippen molar-refractivity contribution in [2.45, 2.75) is 31.8 Å². The fourth-order valence-corrected chi connectivity index (χ4v) is 2.51. The molecule has 1 saturated carbocycles. The van der Waals surface area contributed by atoms with E-state index in [1.54, 1.807) is 12.1 Å². The Morgan fingerprint density at radius 2 is 2.24 bits per heavy atom. The number of nitrogens with two attached hydrogens (primary N) is 1. The first-order chi connectivity index (χ1) is 8.17. The van der Waals surface area contributed by atoms with Crippen molar-refractivity contribution in [3.63, 3.8) is 0 Å². The van der Waals surface area contributed by atoms with Crippen molar-refractivity contribution in [3.8, 4) is 0 Å². The molecule has 4 heteroatoms. The molecule has 1 aliphatic rings. The Bertz CT molecular complexity index is 393. The van der Waals surface area contributed by atoms with Crippen molar-refractivity contribution in [1.82, 2.24) is 4.90 Å². The van der Waals surface area contributed by atoms with E-state index in [1.807, 2.05) is 0 Å². The van der Waals surface area contributed by atoms with Gasteiger partial charge in [0, 0.05) is 23.2 Å². The van der Waals surface area contributed by atoms with E-state index in [4.69, 9.17) is 17.3 Å². The van der Waals surface area contributed by atoms with Crippen LogP contribution in [0.25, 0.3) is 0 Å². The lowest BCUT2D eigenvalue weighted by Gasteiger charge is -2.30. The minimum atomic E-state index is -0.257. The van der Waals surface area contributed by atoms with Crippen molar-refractivity contribution in [1.29, 1.82) is 0 Å². The summed E-state index contributed by atoms with van der Waals surface area (Å²) >= 11 is 5.77. The molecule has 0 heterocycles. The first kappa shape index (κ1) is 12.8. The Morgan fingerprint density at radius 3 is 2.71 bits per heavy atom. The summed E-state index contributed by atoms with van der Waals surface area (Å²) in [5.41, 5.74) is 6.47. The molecule has 0 radical (unpaired) electrons. The summed E-state index contributed by atoms with van der Waals surface area (Å²) in [7, 11) is 0. The van der Waals surface area contributed by atoms with Crippen molar-refractivity contribution < 1.29 is 4.39 Å². The molecule has 1 unspecified atom stereocenters. The molecule has 0 saturated heterocycles. The maximum Gasteiger partial charge on any atom is 0.129 e. The van der Waals surface area contributed by atoms with Gasteiger partial charge in [0.05, 0.1) is 6.04 Å². The Hall–Kier alpha value is -0.640. The number of likely N-dealkylation sites (N-methyl/N-ethyl adjacent to an activating group) is 1. The maximum absolute atomic E-state index is 13.9. The van der Waals surface area contributed by atoms with Gasteiger partial charge in [-0.2, -0.15) is 0 Å². The molecule has 1 aliphatic carbocycles. The summed E-state index contributed by atoms with van der Waals surface area (Å²) in [6, 6.07) is 5.37. The molecule has 0 aromatic heterocycles. The molecule has 17 heavy (non-hydrogen) atoms. The topological polar surface area (TPSA) is 29.3 Å². The van der Waals surface area contributed by atoms with Crippen LogP contribution in [0.15, 0.2) is 18.2 Å². The molecule has 1 aromatic rings. The lowest BCUT2D eigenvalue weighted by molar-refractivity contribution is 0.198. The van der Waals surface area contributed by atoms with Gasteiger partial charge in [-0.05, 0) is 31.5 Å². The summed E-state index contributed by atoms with van der Waals surface area (Å²) in [6.45, 7) is 3.42. The number of benzene rings is 1. The normalized spacial score (nSPS) is 17.5. The second-order valence-electron chi connectivity index (χ2n) is 4.48. The summed E-state index contributed by atoms with van der Waals surface area (Å²) in [6.07, 6.45) is 2.39. The Kier molecular flexibility index (Phi) is 4.02. The predicted molar refractivity (Wildman–Crippen MR) is 68.6 cm³/mol. The smallest absolute Gasteiger partial charge is 0.129 e. The van der Waals surface area contributed by atoms with Crippen LogP contribution in [0.2, 0.25) is 5.02 Å². The SMILES string of the molecule is CCN(C1CC1)C(CN)c1ccc(Cl)cc1F. The third-order valence-corrected chi connectivity index (χ3v) is 3.56. The lowest BCUT2D eigenvalue weighted by Crippen LogP contribution is -2.35. The van der Waals surface area contributed by atoms with Gasteiger partial charge in [-0.15, -0.1) is 0 Å². The second kappa shape index (κ2) is 5.34. The van der Waals surface area contributed by atoms with Crippen LogP contribution < -0.4 is 5.73 Å². The summed E-state index contributed by atoms with van der Waals surface area (Å²) < 4.78 is 13.9. The molecule has 1 aromatic carbocycles. The quantitative estimate of drug-likeness (QED) is 0.878. The highest BCUT2D eigenvalue weighted by atomic mass is 35.5. The molecule has 2 rings (SSSR count). The molecular weight excluding hydrogens is 239 g/mol. The van der Waals surface area contributed by atoms with Crippen molar-refractivity contribution in [2.75, 3.05) is 13.1 Å². The lowest BCUT2D eigenvalue weighted by atomic mass is 10.0. The van der Waals surface area contributed by atoms with Crippen molar-refractivity contribution >= 4 is 11.6 Å². The van der Waals surface area contributed by atoms with Gasteiger partial charge < -0.3 is 5.73 Å². The van der Waals surface area contributed by atoms with E-state index in [1.165, 1.54) is 18.9 Å². The summed E-state index contributed by atoms with van der Waals surface area (Å²) in [4.78, 5) is 2.28. The number of rotatable bonds is 5. The van der Waals surface area contributed by atoms with E-state index < -0.39 is 0 Å². The third kappa shape index (κ3) is 2.79. The summed E-state index contributed by atoms with van der Waals surface area (Å²) in [5, 5.41) is 0.427. The predicted octanol–water partition coefficient (Wildman–Crippen LogP) is 2.96. The molecule has 2 nitrogen and oxygen atoms in total. The molecule has 0 bridgehead atoms. The summed E-state index contributed by atoms with van der Waals surface area (Å²) in [5.74, 6) is -0.257. The number of nitrogens with zero attached hydrogens (tertiary/aromatic N) is 1. The highest BCUT2D eigenvalue weighted by Crippen LogP contribution is 2.34. The van der Waals surface area contributed by atoms with Crippen molar-refractivity contribution in [2.24, 2.45) is 5.73 Å². The van der Waals surface area contributed by atoms with Crippen LogP contribution in [-0.2, 0) is 0 Å². The van der Waals surface area contributed by atoms with Crippen LogP contribution in [0.5, 0.6) is 0 Å². The molecule has 1 fully saturated rings. The van der Waals surface area contributed by atoms with E-state index in [2.05, 4.69) is 11.8 Å². The number of hydrogen-bond donors (Lipinski definition) is 1. The van der Waals surface area contributed by atoms with Crippen LogP contribution in [0.3, 0.4) is 0 Å². The minimum Gasteiger partial charge on any atom is -0.329 e. The number of halogens is 2. The van der Waals surface area contributed by atoms with Gasteiger partial charge in [-0.3, -0.25) is 4.90 Å². The molecule has 0 spiro atoms. The third-order valence-electron chi connectivity index (χ3n) is 3.33. The largest absolute Gasteiger partial charge is 0.329 e.